The van der Waals surface area contributed by atoms with Gasteiger partial charge in [-0.3, -0.25) is 0 Å². The number of benzene rings is 2. The first-order valence-electron chi connectivity index (χ1n) is 6.00. The summed E-state index contributed by atoms with van der Waals surface area (Å²) in [6, 6.07) is 18.4. The molecule has 3 nitrogen and oxygen atoms in total. The lowest BCUT2D eigenvalue weighted by molar-refractivity contribution is 0.551. The molecule has 2 aromatic carbocycles. The average Bonchev–Trinajstić information content (AvgIpc) is 2.87. The number of hydrogen-bond donors (Lipinski definition) is 1. The molecule has 1 N–H and O–H groups in total. The highest BCUT2D eigenvalue weighted by molar-refractivity contribution is 7.71. The van der Waals surface area contributed by atoms with Crippen molar-refractivity contribution in [3.05, 3.63) is 70.6 Å². The van der Waals surface area contributed by atoms with E-state index in [1.807, 2.05) is 36.4 Å². The molecule has 94 valence electrons. The molecule has 1 aromatic heterocycles. The Morgan fingerprint density at radius 3 is 2.47 bits per heavy atom. The smallest absolute Gasteiger partial charge is 0.284 e. The second-order valence-electron chi connectivity index (χ2n) is 4.24. The molecule has 3 rings (SSSR count). The zero-order chi connectivity index (χ0) is 13.1. The molecule has 0 unspecified atom stereocenters. The van der Waals surface area contributed by atoms with Crippen LogP contribution in [0.15, 0.2) is 59.0 Å². The van der Waals surface area contributed by atoms with Crippen molar-refractivity contribution in [1.29, 1.82) is 0 Å². The Bertz CT molecular complexity index is 731. The number of nitrogens with zero attached hydrogens (tertiary/aromatic N) is 1. The zero-order valence-electron chi connectivity index (χ0n) is 10.2. The van der Waals surface area contributed by atoms with Crippen molar-refractivity contribution in [3.8, 4) is 11.5 Å². The minimum absolute atomic E-state index is 0.296. The first-order chi connectivity index (χ1) is 9.33. The maximum Gasteiger partial charge on any atom is 0.284 e. The molecule has 1 heterocycles. The summed E-state index contributed by atoms with van der Waals surface area (Å²) in [5.74, 6) is 0.538. The number of H-pyrrole nitrogens is 1. The van der Waals surface area contributed by atoms with Crippen LogP contribution in [-0.2, 0) is 6.42 Å². The fraction of sp³-hybridized carbons (Fsp3) is 0.0667. The normalized spacial score (nSPS) is 10.5. The van der Waals surface area contributed by atoms with Crippen molar-refractivity contribution in [2.75, 3.05) is 0 Å². The summed E-state index contributed by atoms with van der Waals surface area (Å²) in [6.45, 7) is 0. The van der Waals surface area contributed by atoms with Crippen molar-refractivity contribution in [2.45, 2.75) is 6.42 Å². The molecule has 4 heteroatoms. The maximum atomic E-state index is 5.40. The minimum Gasteiger partial charge on any atom is -0.409 e. The van der Waals surface area contributed by atoms with E-state index in [2.05, 4.69) is 28.4 Å². The van der Waals surface area contributed by atoms with Gasteiger partial charge < -0.3 is 4.42 Å². The molecular weight excluding hydrogens is 256 g/mol. The molecule has 0 atom stereocenters. The van der Waals surface area contributed by atoms with Gasteiger partial charge in [-0.15, -0.1) is 5.10 Å². The second-order valence-corrected chi connectivity index (χ2v) is 4.61. The maximum absolute atomic E-state index is 5.40. The van der Waals surface area contributed by atoms with E-state index in [1.165, 1.54) is 11.1 Å². The Hall–Kier alpha value is -2.20. The van der Waals surface area contributed by atoms with Gasteiger partial charge in [0.2, 0.25) is 5.89 Å². The van der Waals surface area contributed by atoms with E-state index in [1.54, 1.807) is 0 Å². The number of rotatable bonds is 3. The van der Waals surface area contributed by atoms with Crippen molar-refractivity contribution < 1.29 is 4.42 Å². The standard InChI is InChI=1S/C15H12N2OS/c19-15-17-16-14(18-15)13-9-5-4-8-12(13)10-11-6-2-1-3-7-11/h1-9H,10H2,(H,17,19). The predicted octanol–water partition coefficient (Wildman–Crippen LogP) is 3.99. The third-order valence-corrected chi connectivity index (χ3v) is 3.10. The van der Waals surface area contributed by atoms with E-state index in [0.29, 0.717) is 10.7 Å². The predicted molar refractivity (Wildman–Crippen MR) is 76.4 cm³/mol. The Morgan fingerprint density at radius 1 is 1.00 bits per heavy atom. The van der Waals surface area contributed by atoms with E-state index in [0.717, 1.165) is 12.0 Å². The summed E-state index contributed by atoms with van der Waals surface area (Å²) in [7, 11) is 0. The third-order valence-electron chi connectivity index (χ3n) is 2.92. The van der Waals surface area contributed by atoms with E-state index < -0.39 is 0 Å². The van der Waals surface area contributed by atoms with Gasteiger partial charge in [0, 0.05) is 5.56 Å². The first-order valence-corrected chi connectivity index (χ1v) is 6.41. The minimum atomic E-state index is 0.296. The number of aromatic amines is 1. The topological polar surface area (TPSA) is 41.8 Å². The Kier molecular flexibility index (Phi) is 3.25. The molecule has 0 radical (unpaired) electrons. The molecule has 0 aliphatic rings. The van der Waals surface area contributed by atoms with Crippen molar-refractivity contribution in [3.63, 3.8) is 0 Å². The molecule has 0 amide bonds. The molecule has 0 bridgehead atoms. The van der Waals surface area contributed by atoms with Crippen LogP contribution in [-0.4, -0.2) is 10.2 Å². The Labute approximate surface area is 115 Å². The fourth-order valence-corrected chi connectivity index (χ4v) is 2.17. The van der Waals surface area contributed by atoms with Crippen LogP contribution in [0.4, 0.5) is 0 Å². The van der Waals surface area contributed by atoms with Crippen molar-refractivity contribution >= 4 is 12.2 Å². The highest BCUT2D eigenvalue weighted by Gasteiger charge is 2.09. The van der Waals surface area contributed by atoms with Crippen LogP contribution in [0.5, 0.6) is 0 Å². The summed E-state index contributed by atoms with van der Waals surface area (Å²) in [4.78, 5) is 0.296. The lowest BCUT2D eigenvalue weighted by atomic mass is 10.00. The second kappa shape index (κ2) is 5.20. The third kappa shape index (κ3) is 2.63. The lowest BCUT2D eigenvalue weighted by Crippen LogP contribution is -1.92. The summed E-state index contributed by atoms with van der Waals surface area (Å²) < 4.78 is 5.40. The zero-order valence-corrected chi connectivity index (χ0v) is 11.0. The summed E-state index contributed by atoms with van der Waals surface area (Å²) in [5.41, 5.74) is 3.39. The number of aromatic nitrogens is 2. The van der Waals surface area contributed by atoms with E-state index in [9.17, 15) is 0 Å². The molecule has 0 saturated carbocycles. The largest absolute Gasteiger partial charge is 0.409 e. The van der Waals surface area contributed by atoms with E-state index >= 15 is 0 Å². The van der Waals surface area contributed by atoms with Gasteiger partial charge in [0.15, 0.2) is 0 Å². The van der Waals surface area contributed by atoms with Gasteiger partial charge in [0.1, 0.15) is 0 Å². The molecule has 0 aliphatic heterocycles. The summed E-state index contributed by atoms with van der Waals surface area (Å²) >= 11 is 4.92. The lowest BCUT2D eigenvalue weighted by Gasteiger charge is -2.06. The van der Waals surface area contributed by atoms with Gasteiger partial charge in [-0.05, 0) is 35.8 Å². The molecule has 19 heavy (non-hydrogen) atoms. The average molecular weight is 268 g/mol. The quantitative estimate of drug-likeness (QED) is 0.730. The summed E-state index contributed by atoms with van der Waals surface area (Å²) in [6.07, 6.45) is 0.839. The molecule has 0 spiro atoms. The highest BCUT2D eigenvalue weighted by Crippen LogP contribution is 2.23. The number of hydrogen-bond acceptors (Lipinski definition) is 3. The van der Waals surface area contributed by atoms with Gasteiger partial charge in [0.05, 0.1) is 0 Å². The molecule has 0 aliphatic carbocycles. The monoisotopic (exact) mass is 268 g/mol. The van der Waals surface area contributed by atoms with Crippen LogP contribution < -0.4 is 0 Å². The highest BCUT2D eigenvalue weighted by atomic mass is 32.1. The van der Waals surface area contributed by atoms with Crippen LogP contribution in [0, 0.1) is 4.84 Å². The molecule has 0 fully saturated rings. The van der Waals surface area contributed by atoms with Gasteiger partial charge >= 0.3 is 0 Å². The van der Waals surface area contributed by atoms with Gasteiger partial charge in [-0.1, -0.05) is 48.5 Å². The Balaban J connectivity index is 2.00. The molecular formula is C15H12N2OS. The van der Waals surface area contributed by atoms with Gasteiger partial charge in [-0.25, -0.2) is 5.10 Å². The van der Waals surface area contributed by atoms with E-state index in [-0.39, 0.29) is 0 Å². The van der Waals surface area contributed by atoms with Crippen LogP contribution in [0.1, 0.15) is 11.1 Å². The van der Waals surface area contributed by atoms with Crippen LogP contribution in [0.25, 0.3) is 11.5 Å². The van der Waals surface area contributed by atoms with Crippen molar-refractivity contribution in [2.24, 2.45) is 0 Å². The van der Waals surface area contributed by atoms with Crippen molar-refractivity contribution in [1.82, 2.24) is 10.2 Å². The van der Waals surface area contributed by atoms with Gasteiger partial charge in [-0.2, -0.15) is 0 Å². The summed E-state index contributed by atoms with van der Waals surface area (Å²) in [5, 5.41) is 6.75. The van der Waals surface area contributed by atoms with E-state index in [4.69, 9.17) is 16.6 Å². The van der Waals surface area contributed by atoms with Gasteiger partial charge in [0.25, 0.3) is 4.84 Å². The SMILES string of the molecule is S=c1[nH]nc(-c2ccccc2Cc2ccccc2)o1. The van der Waals surface area contributed by atoms with Crippen LogP contribution in [0.2, 0.25) is 0 Å². The van der Waals surface area contributed by atoms with Crippen LogP contribution >= 0.6 is 12.2 Å². The molecule has 0 saturated heterocycles. The fourth-order valence-electron chi connectivity index (χ4n) is 2.04. The first kappa shape index (κ1) is 11.9. The molecule has 3 aromatic rings. The Morgan fingerprint density at radius 2 is 1.74 bits per heavy atom. The van der Waals surface area contributed by atoms with Crippen LogP contribution in [0.3, 0.4) is 0 Å². The number of nitrogens with one attached hydrogen (secondary N) is 1.